The third-order valence-electron chi connectivity index (χ3n) is 10.2. The fourth-order valence-corrected chi connectivity index (χ4v) is 6.98. The van der Waals surface area contributed by atoms with Crippen molar-refractivity contribution in [2.24, 2.45) is 0 Å². The van der Waals surface area contributed by atoms with Gasteiger partial charge in [0.1, 0.15) is 23.4 Å². The molecule has 1 aliphatic heterocycles. The number of anilines is 1. The Hall–Kier alpha value is -5.80. The summed E-state index contributed by atoms with van der Waals surface area (Å²) in [6, 6.07) is 19.7. The SMILES string of the molecule is COc1ccc2c(c1)C(=O)NC(c1ccc(OCCCCCCCCOc3c(OC)cc(-c4cc(-c5cc(CO)c(CO)c(CO)c5)on4)cc3OC)c(CO)c1)N2. The van der Waals surface area contributed by atoms with E-state index in [0.29, 0.717) is 98.0 Å². The Morgan fingerprint density at radius 3 is 1.91 bits per heavy atom. The molecular formula is C44H51N3O11. The maximum Gasteiger partial charge on any atom is 0.255 e. The molecule has 5 aromatic rings. The first-order chi connectivity index (χ1) is 28.3. The number of rotatable bonds is 21. The van der Waals surface area contributed by atoms with Crippen LogP contribution in [0.5, 0.6) is 28.7 Å². The highest BCUT2D eigenvalue weighted by atomic mass is 16.5. The average molecular weight is 798 g/mol. The zero-order valence-corrected chi connectivity index (χ0v) is 33.0. The zero-order chi connectivity index (χ0) is 41.0. The second kappa shape index (κ2) is 20.1. The Morgan fingerprint density at radius 2 is 1.29 bits per heavy atom. The van der Waals surface area contributed by atoms with Crippen LogP contribution < -0.4 is 34.3 Å². The third-order valence-corrected chi connectivity index (χ3v) is 10.2. The lowest BCUT2D eigenvalue weighted by molar-refractivity contribution is 0.0935. The molecule has 1 aromatic heterocycles. The third kappa shape index (κ3) is 9.65. The van der Waals surface area contributed by atoms with Crippen molar-refractivity contribution in [3.63, 3.8) is 0 Å². The number of carbonyl (C=O) groups excluding carboxylic acids is 1. The maximum atomic E-state index is 12.8. The Morgan fingerprint density at radius 1 is 0.638 bits per heavy atom. The minimum absolute atomic E-state index is 0.187. The van der Waals surface area contributed by atoms with Crippen molar-refractivity contribution in [3.05, 3.63) is 100 Å². The molecule has 14 heteroatoms. The van der Waals surface area contributed by atoms with Crippen LogP contribution in [-0.4, -0.2) is 66.0 Å². The highest BCUT2D eigenvalue weighted by Gasteiger charge is 2.26. The number of aliphatic hydroxyl groups excluding tert-OH is 4. The smallest absolute Gasteiger partial charge is 0.255 e. The number of nitrogens with zero attached hydrogens (tertiary/aromatic N) is 1. The molecule has 0 radical (unpaired) electrons. The van der Waals surface area contributed by atoms with Crippen molar-refractivity contribution in [2.75, 3.05) is 39.9 Å². The van der Waals surface area contributed by atoms with Gasteiger partial charge in [0, 0.05) is 28.4 Å². The minimum atomic E-state index is -0.446. The topological polar surface area (TPSA) is 194 Å². The standard InChI is InChI=1S/C44H51N3O11/c1-53-33-11-12-36-34(21-33)44(52)46-43(45-36)27-10-13-38(32(16-27)25-50)56-14-8-6-4-5-7-9-15-57-42-40(54-2)19-28(20-41(42)55-3)37-22-39(58-47-37)29-17-30(23-48)35(26-51)31(18-29)24-49/h10-13,16-22,43,45,48-51H,4-9,14-15,23-26H2,1-3H3,(H,46,52). The van der Waals surface area contributed by atoms with Crippen LogP contribution in [0.2, 0.25) is 0 Å². The van der Waals surface area contributed by atoms with Gasteiger partial charge in [-0.2, -0.15) is 0 Å². The number of amides is 1. The molecule has 308 valence electrons. The fourth-order valence-electron chi connectivity index (χ4n) is 6.98. The number of aliphatic hydroxyl groups is 4. The van der Waals surface area contributed by atoms with Crippen LogP contribution in [0.1, 0.15) is 82.9 Å². The fraction of sp³-hybridized carbons (Fsp3) is 0.364. The zero-order valence-electron chi connectivity index (χ0n) is 33.0. The summed E-state index contributed by atoms with van der Waals surface area (Å²) < 4.78 is 34.4. The van der Waals surface area contributed by atoms with E-state index in [2.05, 4.69) is 15.8 Å². The molecule has 6 N–H and O–H groups in total. The van der Waals surface area contributed by atoms with Crippen molar-refractivity contribution < 1.29 is 53.4 Å². The van der Waals surface area contributed by atoms with E-state index in [9.17, 15) is 25.2 Å². The molecule has 0 spiro atoms. The van der Waals surface area contributed by atoms with Crippen LogP contribution in [0, 0.1) is 0 Å². The van der Waals surface area contributed by atoms with Gasteiger partial charge in [-0.25, -0.2) is 0 Å². The lowest BCUT2D eigenvalue weighted by atomic mass is 9.97. The maximum absolute atomic E-state index is 12.8. The van der Waals surface area contributed by atoms with Crippen LogP contribution >= 0.6 is 0 Å². The van der Waals surface area contributed by atoms with Gasteiger partial charge in [0.2, 0.25) is 5.75 Å². The molecule has 58 heavy (non-hydrogen) atoms. The van der Waals surface area contributed by atoms with Crippen LogP contribution in [0.15, 0.2) is 71.3 Å². The monoisotopic (exact) mass is 797 g/mol. The number of hydrogen-bond donors (Lipinski definition) is 6. The molecule has 4 aromatic carbocycles. The molecule has 6 rings (SSSR count). The van der Waals surface area contributed by atoms with Gasteiger partial charge >= 0.3 is 0 Å². The van der Waals surface area contributed by atoms with E-state index in [1.54, 1.807) is 63.8 Å². The normalized spacial score (nSPS) is 13.4. The van der Waals surface area contributed by atoms with Crippen molar-refractivity contribution in [3.8, 4) is 51.3 Å². The van der Waals surface area contributed by atoms with Gasteiger partial charge in [0.15, 0.2) is 17.3 Å². The summed E-state index contributed by atoms with van der Waals surface area (Å²) in [5.41, 5.74) is 5.98. The number of ether oxygens (including phenoxy) is 5. The van der Waals surface area contributed by atoms with Gasteiger partial charge < -0.3 is 59.3 Å². The predicted molar refractivity (Wildman–Crippen MR) is 216 cm³/mol. The van der Waals surface area contributed by atoms with Gasteiger partial charge in [-0.1, -0.05) is 36.9 Å². The van der Waals surface area contributed by atoms with E-state index in [4.69, 9.17) is 28.2 Å². The number of hydrogen-bond acceptors (Lipinski definition) is 13. The van der Waals surface area contributed by atoms with Crippen LogP contribution in [-0.2, 0) is 26.4 Å². The highest BCUT2D eigenvalue weighted by molar-refractivity contribution is 6.02. The van der Waals surface area contributed by atoms with Gasteiger partial charge in [0.25, 0.3) is 5.91 Å². The first kappa shape index (κ1) is 41.8. The number of fused-ring (bicyclic) bond motifs is 1. The number of methoxy groups -OCH3 is 3. The number of carbonyl (C=O) groups is 1. The van der Waals surface area contributed by atoms with Crippen LogP contribution in [0.4, 0.5) is 5.69 Å². The van der Waals surface area contributed by atoms with Crippen molar-refractivity contribution >= 4 is 11.6 Å². The van der Waals surface area contributed by atoms with Crippen molar-refractivity contribution in [1.29, 1.82) is 0 Å². The van der Waals surface area contributed by atoms with Crippen LogP contribution in [0.3, 0.4) is 0 Å². The molecule has 1 amide bonds. The van der Waals surface area contributed by atoms with Gasteiger partial charge in [-0.05, 0) is 89.7 Å². The second-order valence-corrected chi connectivity index (χ2v) is 13.8. The van der Waals surface area contributed by atoms with E-state index in [1.165, 1.54) is 0 Å². The first-order valence-electron chi connectivity index (χ1n) is 19.3. The molecular weight excluding hydrogens is 746 g/mol. The molecule has 0 bridgehead atoms. The minimum Gasteiger partial charge on any atom is -0.497 e. The molecule has 1 atom stereocenters. The van der Waals surface area contributed by atoms with Crippen LogP contribution in [0.25, 0.3) is 22.6 Å². The molecule has 1 unspecified atom stereocenters. The molecule has 2 heterocycles. The van der Waals surface area contributed by atoms with E-state index in [-0.39, 0.29) is 32.3 Å². The molecule has 1 aliphatic rings. The summed E-state index contributed by atoms with van der Waals surface area (Å²) in [5.74, 6) is 2.92. The molecule has 0 fully saturated rings. The van der Waals surface area contributed by atoms with E-state index >= 15 is 0 Å². The largest absolute Gasteiger partial charge is 0.497 e. The van der Waals surface area contributed by atoms with Gasteiger partial charge in [-0.3, -0.25) is 4.79 Å². The van der Waals surface area contributed by atoms with Crippen molar-refractivity contribution in [2.45, 2.75) is 71.1 Å². The molecule has 0 aliphatic carbocycles. The summed E-state index contributed by atoms with van der Waals surface area (Å²) in [4.78, 5) is 12.8. The number of unbranched alkanes of at least 4 members (excludes halogenated alkanes) is 5. The lowest BCUT2D eigenvalue weighted by Crippen LogP contribution is -2.38. The average Bonchev–Trinajstić information content (AvgIpc) is 3.76. The molecule has 0 saturated heterocycles. The Balaban J connectivity index is 0.937. The van der Waals surface area contributed by atoms with E-state index in [0.717, 1.165) is 44.1 Å². The number of benzene rings is 4. The summed E-state index contributed by atoms with van der Waals surface area (Å²) in [5, 5.41) is 50.0. The predicted octanol–water partition coefficient (Wildman–Crippen LogP) is 6.66. The Kier molecular flexibility index (Phi) is 14.5. The van der Waals surface area contributed by atoms with E-state index < -0.39 is 6.17 Å². The Labute approximate surface area is 337 Å². The summed E-state index contributed by atoms with van der Waals surface area (Å²) in [6.45, 7) is -0.0794. The van der Waals surface area contributed by atoms with Crippen molar-refractivity contribution in [1.82, 2.24) is 10.5 Å². The molecule has 14 nitrogen and oxygen atoms in total. The summed E-state index contributed by atoms with van der Waals surface area (Å²) >= 11 is 0. The Bertz CT molecular complexity index is 2120. The summed E-state index contributed by atoms with van der Waals surface area (Å²) in [6.07, 6.45) is 5.35. The molecule has 0 saturated carbocycles. The number of nitrogens with one attached hydrogen (secondary N) is 2. The van der Waals surface area contributed by atoms with E-state index in [1.807, 2.05) is 24.3 Å². The summed E-state index contributed by atoms with van der Waals surface area (Å²) in [7, 11) is 4.68. The number of aromatic nitrogens is 1. The highest BCUT2D eigenvalue weighted by Crippen LogP contribution is 2.42. The van der Waals surface area contributed by atoms with Gasteiger partial charge in [-0.15, -0.1) is 0 Å². The van der Waals surface area contributed by atoms with Gasteiger partial charge in [0.05, 0.1) is 66.5 Å². The first-order valence-corrected chi connectivity index (χ1v) is 19.3. The quantitative estimate of drug-likeness (QED) is 0.0433. The second-order valence-electron chi connectivity index (χ2n) is 13.8. The lowest BCUT2D eigenvalue weighted by Gasteiger charge is -2.29.